The Hall–Kier alpha value is -3.19. The van der Waals surface area contributed by atoms with Crippen molar-refractivity contribution >= 4 is 22.4 Å². The summed E-state index contributed by atoms with van der Waals surface area (Å²) in [7, 11) is 0. The van der Waals surface area contributed by atoms with Gasteiger partial charge in [-0.1, -0.05) is 12.1 Å². The van der Waals surface area contributed by atoms with E-state index in [1.54, 1.807) is 0 Å². The van der Waals surface area contributed by atoms with Crippen LogP contribution >= 0.6 is 0 Å². The Labute approximate surface area is 220 Å². The molecule has 0 spiro atoms. The van der Waals surface area contributed by atoms with Crippen molar-refractivity contribution in [3.8, 4) is 0 Å². The van der Waals surface area contributed by atoms with Crippen molar-refractivity contribution in [2.45, 2.75) is 70.4 Å². The van der Waals surface area contributed by atoms with Gasteiger partial charge in [0.15, 0.2) is 11.5 Å². The fourth-order valence-corrected chi connectivity index (χ4v) is 4.59. The number of aliphatic hydroxyl groups excluding tert-OH is 1. The summed E-state index contributed by atoms with van der Waals surface area (Å²) in [5.74, 6) is -5.15. The third-order valence-corrected chi connectivity index (χ3v) is 6.93. The number of hydrogen-bond donors (Lipinski definition) is 3. The molecule has 0 radical (unpaired) electrons. The zero-order valence-corrected chi connectivity index (χ0v) is 21.7. The van der Waals surface area contributed by atoms with Gasteiger partial charge in [-0.25, -0.2) is 9.37 Å². The zero-order chi connectivity index (χ0) is 28.9. The molecule has 13 heteroatoms. The Morgan fingerprint density at radius 1 is 1.08 bits per heavy atom. The van der Waals surface area contributed by atoms with E-state index in [0.717, 1.165) is 19.9 Å². The van der Waals surface area contributed by atoms with Crippen LogP contribution in [-0.4, -0.2) is 50.2 Å². The van der Waals surface area contributed by atoms with Gasteiger partial charge in [0, 0.05) is 24.0 Å². The maximum absolute atomic E-state index is 15.3. The van der Waals surface area contributed by atoms with Crippen LogP contribution in [0.4, 0.5) is 37.8 Å². The lowest BCUT2D eigenvalue weighted by Crippen LogP contribution is -2.41. The molecule has 3 aromatic rings. The molecule has 7 nitrogen and oxygen atoms in total. The van der Waals surface area contributed by atoms with E-state index in [4.69, 9.17) is 0 Å². The first-order valence-corrected chi connectivity index (χ1v) is 12.4. The van der Waals surface area contributed by atoms with Crippen LogP contribution in [0, 0.1) is 12.7 Å². The minimum absolute atomic E-state index is 0.0123. The van der Waals surface area contributed by atoms with Crippen LogP contribution in [0.2, 0.25) is 0 Å². The Kier molecular flexibility index (Phi) is 7.45. The second kappa shape index (κ2) is 10.1. The van der Waals surface area contributed by atoms with Crippen molar-refractivity contribution in [3.63, 3.8) is 0 Å². The minimum Gasteiger partial charge on any atom is -0.393 e. The van der Waals surface area contributed by atoms with Crippen LogP contribution in [0.3, 0.4) is 0 Å². The zero-order valence-electron chi connectivity index (χ0n) is 21.7. The van der Waals surface area contributed by atoms with Gasteiger partial charge in [-0.2, -0.15) is 27.1 Å². The summed E-state index contributed by atoms with van der Waals surface area (Å²) in [6.45, 7) is 5.04. The normalized spacial score (nSPS) is 16.6. The molecule has 1 atom stereocenters. The van der Waals surface area contributed by atoms with Crippen molar-refractivity contribution in [3.05, 3.63) is 52.6 Å². The number of fused-ring (bicyclic) bond motifs is 1. The average molecular weight is 558 g/mol. The van der Waals surface area contributed by atoms with Gasteiger partial charge in [-0.15, -0.1) is 5.10 Å². The molecule has 0 saturated carbocycles. The Morgan fingerprint density at radius 2 is 1.72 bits per heavy atom. The summed E-state index contributed by atoms with van der Waals surface area (Å²) < 4.78 is 86.9. The Morgan fingerprint density at radius 3 is 2.31 bits per heavy atom. The summed E-state index contributed by atoms with van der Waals surface area (Å²) in [5, 5.41) is 30.7. The van der Waals surface area contributed by atoms with E-state index in [1.807, 2.05) is 0 Å². The number of halogens is 6. The summed E-state index contributed by atoms with van der Waals surface area (Å²) in [6, 6.07) is 3.71. The van der Waals surface area contributed by atoms with Gasteiger partial charge in [0.05, 0.1) is 34.6 Å². The summed E-state index contributed by atoms with van der Waals surface area (Å²) >= 11 is 0. The molecule has 1 saturated heterocycles. The lowest BCUT2D eigenvalue weighted by molar-refractivity contribution is -0.170. The lowest BCUT2D eigenvalue weighted by Gasteiger charge is -2.33. The second-order valence-electron chi connectivity index (χ2n) is 10.3. The fraction of sp³-hybridized carbons (Fsp3) is 0.500. The number of benzene rings is 1. The van der Waals surface area contributed by atoms with Crippen LogP contribution in [0.25, 0.3) is 10.9 Å². The van der Waals surface area contributed by atoms with Gasteiger partial charge < -0.3 is 20.4 Å². The van der Waals surface area contributed by atoms with Crippen molar-refractivity contribution in [1.82, 2.24) is 15.2 Å². The highest BCUT2D eigenvalue weighted by Crippen LogP contribution is 2.42. The summed E-state index contributed by atoms with van der Waals surface area (Å²) in [4.78, 5) is 5.39. The largest absolute Gasteiger partial charge is 0.435 e. The molecule has 3 heterocycles. The lowest BCUT2D eigenvalue weighted by atomic mass is 9.91. The van der Waals surface area contributed by atoms with Crippen LogP contribution in [0.1, 0.15) is 62.2 Å². The fourth-order valence-electron chi connectivity index (χ4n) is 4.59. The number of anilines is 2. The van der Waals surface area contributed by atoms with Gasteiger partial charge in [-0.05, 0) is 52.7 Å². The third-order valence-electron chi connectivity index (χ3n) is 6.93. The monoisotopic (exact) mass is 557 g/mol. The molecule has 0 amide bonds. The number of aromatic nitrogens is 3. The number of hydrogen-bond acceptors (Lipinski definition) is 7. The number of alkyl halides is 5. The molecule has 1 aromatic carbocycles. The predicted octanol–water partition coefficient (Wildman–Crippen LogP) is 5.49. The summed E-state index contributed by atoms with van der Waals surface area (Å²) in [5.41, 5.74) is -4.94. The number of pyridine rings is 1. The van der Waals surface area contributed by atoms with Crippen LogP contribution < -0.4 is 10.2 Å². The quantitative estimate of drug-likeness (QED) is 0.345. The topological polar surface area (TPSA) is 94.4 Å². The molecular weight excluding hydrogens is 528 g/mol. The summed E-state index contributed by atoms with van der Waals surface area (Å²) in [6.07, 6.45) is -4.80. The van der Waals surface area contributed by atoms with Gasteiger partial charge >= 0.3 is 12.1 Å². The first-order chi connectivity index (χ1) is 18.0. The third kappa shape index (κ3) is 5.46. The Bertz CT molecular complexity index is 1370. The molecule has 3 N–H and O–H groups in total. The average Bonchev–Trinajstić information content (AvgIpc) is 2.84. The van der Waals surface area contributed by atoms with Gasteiger partial charge in [0.2, 0.25) is 0 Å². The molecule has 212 valence electrons. The van der Waals surface area contributed by atoms with E-state index in [9.17, 15) is 32.2 Å². The first kappa shape index (κ1) is 28.8. The smallest absolute Gasteiger partial charge is 0.393 e. The van der Waals surface area contributed by atoms with Crippen LogP contribution in [0.5, 0.6) is 0 Å². The van der Waals surface area contributed by atoms with Gasteiger partial charge in [0.1, 0.15) is 11.4 Å². The molecule has 4 rings (SSSR count). The highest BCUT2D eigenvalue weighted by atomic mass is 19.4. The highest BCUT2D eigenvalue weighted by molar-refractivity contribution is 5.93. The molecule has 0 bridgehead atoms. The molecule has 1 aliphatic rings. The standard InChI is InChI=1S/C26H29F6N5O2/c1-13(16-6-5-7-18(20(16)27)25(28,29)24(3,4)39)33-23-17-12-19(37-10-8-15(38)9-11-37)22(26(30,31)32)34-21(17)14(2)35-36-23/h5-7,12-13,15,38-39H,8-11H2,1-4H3,(H,33,36)/t13-/m1/s1. The minimum atomic E-state index is -4.77. The van der Waals surface area contributed by atoms with E-state index in [1.165, 1.54) is 36.9 Å². The molecule has 39 heavy (non-hydrogen) atoms. The molecular formula is C26H29F6N5O2. The SMILES string of the molecule is Cc1nnc(N[C@H](C)c2cccc(C(F)(F)C(C)(C)O)c2F)c2cc(N3CCC(O)CC3)c(C(F)(F)F)nc12. The predicted molar refractivity (Wildman–Crippen MR) is 133 cm³/mol. The number of nitrogens with zero attached hydrogens (tertiary/aromatic N) is 4. The van der Waals surface area contributed by atoms with Gasteiger partial charge in [0.25, 0.3) is 0 Å². The number of rotatable bonds is 6. The van der Waals surface area contributed by atoms with Crippen molar-refractivity contribution < 1.29 is 36.6 Å². The highest BCUT2D eigenvalue weighted by Gasteiger charge is 2.49. The second-order valence-corrected chi connectivity index (χ2v) is 10.3. The van der Waals surface area contributed by atoms with Crippen LogP contribution in [0.15, 0.2) is 24.3 Å². The van der Waals surface area contributed by atoms with Crippen molar-refractivity contribution in [2.24, 2.45) is 0 Å². The maximum atomic E-state index is 15.3. The number of aryl methyl sites for hydroxylation is 1. The van der Waals surface area contributed by atoms with E-state index < -0.39 is 46.9 Å². The number of nitrogens with one attached hydrogen (secondary N) is 1. The van der Waals surface area contributed by atoms with Crippen LogP contribution in [-0.2, 0) is 12.1 Å². The van der Waals surface area contributed by atoms with Gasteiger partial charge in [-0.3, -0.25) is 0 Å². The first-order valence-electron chi connectivity index (χ1n) is 12.4. The molecule has 1 fully saturated rings. The molecule has 0 unspecified atom stereocenters. The van der Waals surface area contributed by atoms with E-state index in [0.29, 0.717) is 0 Å². The van der Waals surface area contributed by atoms with Crippen molar-refractivity contribution in [1.29, 1.82) is 0 Å². The van der Waals surface area contributed by atoms with E-state index in [2.05, 4.69) is 20.5 Å². The molecule has 0 aliphatic carbocycles. The van der Waals surface area contributed by atoms with E-state index in [-0.39, 0.29) is 59.6 Å². The maximum Gasteiger partial charge on any atom is 0.435 e. The Balaban J connectivity index is 1.79. The number of piperidine rings is 1. The van der Waals surface area contributed by atoms with Crippen molar-refractivity contribution in [2.75, 3.05) is 23.3 Å². The number of aliphatic hydroxyl groups is 2. The molecule has 2 aromatic heterocycles. The molecule has 1 aliphatic heterocycles. The van der Waals surface area contributed by atoms with E-state index >= 15 is 4.39 Å².